The minimum atomic E-state index is -2.81. The Morgan fingerprint density at radius 1 is 1.33 bits per heavy atom. The lowest BCUT2D eigenvalue weighted by Crippen LogP contribution is -2.22. The Hall–Kier alpha value is -0.390. The van der Waals surface area contributed by atoms with E-state index < -0.39 is 9.84 Å². The summed E-state index contributed by atoms with van der Waals surface area (Å²) < 4.78 is 26.8. The number of hydrogen-bond acceptors (Lipinski definition) is 4. The third-order valence-corrected chi connectivity index (χ3v) is 2.79. The van der Waals surface area contributed by atoms with Crippen LogP contribution < -0.4 is 5.32 Å². The number of ether oxygens (including phenoxy) is 1. The van der Waals surface area contributed by atoms with Crippen LogP contribution in [-0.2, 0) is 14.6 Å². The molecule has 0 atom stereocenters. The van der Waals surface area contributed by atoms with Gasteiger partial charge in [0, 0.05) is 12.8 Å². The number of rotatable bonds is 10. The highest BCUT2D eigenvalue weighted by molar-refractivity contribution is 7.90. The van der Waals surface area contributed by atoms with Crippen molar-refractivity contribution >= 4 is 9.84 Å². The number of nitrogens with one attached hydrogen (secondary N) is 1. The quantitative estimate of drug-likeness (QED) is 0.445. The second-order valence-electron chi connectivity index (χ2n) is 3.42. The van der Waals surface area contributed by atoms with Crippen molar-refractivity contribution < 1.29 is 13.2 Å². The van der Waals surface area contributed by atoms with Crippen LogP contribution in [-0.4, -0.2) is 46.7 Å². The molecule has 0 saturated heterocycles. The van der Waals surface area contributed by atoms with E-state index >= 15 is 0 Å². The zero-order valence-corrected chi connectivity index (χ0v) is 10.2. The molecule has 0 aromatic carbocycles. The van der Waals surface area contributed by atoms with Gasteiger partial charge in [-0.05, 0) is 19.4 Å². The number of sulfone groups is 1. The molecule has 0 aliphatic heterocycles. The summed E-state index contributed by atoms with van der Waals surface area (Å²) in [6.45, 7) is 6.44. The molecule has 0 rings (SSSR count). The fourth-order valence-corrected chi connectivity index (χ4v) is 1.67. The number of hydrogen-bond donors (Lipinski definition) is 1. The summed E-state index contributed by atoms with van der Waals surface area (Å²) in [5, 5.41) is 3.12. The van der Waals surface area contributed by atoms with Gasteiger partial charge < -0.3 is 10.1 Å². The smallest absolute Gasteiger partial charge is 0.147 e. The van der Waals surface area contributed by atoms with Gasteiger partial charge in [-0.2, -0.15) is 0 Å². The molecule has 1 N–H and O–H groups in total. The summed E-state index contributed by atoms with van der Waals surface area (Å²) in [4.78, 5) is 0. The lowest BCUT2D eigenvalue weighted by Gasteiger charge is -2.04. The lowest BCUT2D eigenvalue weighted by atomic mass is 10.4. The zero-order chi connectivity index (χ0) is 11.6. The molecule has 0 aromatic rings. The minimum Gasteiger partial charge on any atom is -0.380 e. The van der Waals surface area contributed by atoms with Crippen molar-refractivity contribution in [2.24, 2.45) is 0 Å². The molecule has 0 saturated carbocycles. The van der Waals surface area contributed by atoms with E-state index in [4.69, 9.17) is 4.74 Å². The Balaban J connectivity index is 3.08. The SMILES string of the molecule is C=CCCOCCNCCCS(C)(=O)=O. The molecule has 0 unspecified atom stereocenters. The van der Waals surface area contributed by atoms with E-state index in [1.165, 1.54) is 6.26 Å². The monoisotopic (exact) mass is 235 g/mol. The van der Waals surface area contributed by atoms with E-state index in [1.54, 1.807) is 0 Å². The molecular weight excluding hydrogens is 214 g/mol. The molecule has 0 bridgehead atoms. The average molecular weight is 235 g/mol. The Labute approximate surface area is 92.6 Å². The molecule has 0 radical (unpaired) electrons. The summed E-state index contributed by atoms with van der Waals surface area (Å²) in [6.07, 6.45) is 4.60. The maximum absolute atomic E-state index is 10.8. The third kappa shape index (κ3) is 13.6. The van der Waals surface area contributed by atoms with Crippen LogP contribution in [0.2, 0.25) is 0 Å². The van der Waals surface area contributed by atoms with E-state index in [9.17, 15) is 8.42 Å². The van der Waals surface area contributed by atoms with Crippen LogP contribution in [0, 0.1) is 0 Å². The summed E-state index contributed by atoms with van der Waals surface area (Å²) >= 11 is 0. The van der Waals surface area contributed by atoms with Crippen LogP contribution in [0.25, 0.3) is 0 Å². The normalized spacial score (nSPS) is 11.5. The predicted molar refractivity (Wildman–Crippen MR) is 62.8 cm³/mol. The van der Waals surface area contributed by atoms with Crippen LogP contribution in [0.5, 0.6) is 0 Å². The van der Waals surface area contributed by atoms with Gasteiger partial charge in [-0.15, -0.1) is 6.58 Å². The molecule has 15 heavy (non-hydrogen) atoms. The van der Waals surface area contributed by atoms with Crippen molar-refractivity contribution in [2.75, 3.05) is 38.3 Å². The molecule has 0 amide bonds. The van der Waals surface area contributed by atoms with E-state index in [2.05, 4.69) is 11.9 Å². The molecule has 0 aromatic heterocycles. The first-order valence-electron chi connectivity index (χ1n) is 5.13. The van der Waals surface area contributed by atoms with Crippen LogP contribution in [0.4, 0.5) is 0 Å². The lowest BCUT2D eigenvalue weighted by molar-refractivity contribution is 0.140. The topological polar surface area (TPSA) is 55.4 Å². The first kappa shape index (κ1) is 14.6. The van der Waals surface area contributed by atoms with Crippen molar-refractivity contribution in [1.82, 2.24) is 5.32 Å². The van der Waals surface area contributed by atoms with Gasteiger partial charge in [-0.3, -0.25) is 0 Å². The van der Waals surface area contributed by atoms with Crippen molar-refractivity contribution in [2.45, 2.75) is 12.8 Å². The molecule has 5 heteroatoms. The molecule has 4 nitrogen and oxygen atoms in total. The fraction of sp³-hybridized carbons (Fsp3) is 0.800. The minimum absolute atomic E-state index is 0.247. The van der Waals surface area contributed by atoms with Crippen molar-refractivity contribution in [1.29, 1.82) is 0 Å². The Morgan fingerprint density at radius 2 is 2.07 bits per heavy atom. The van der Waals surface area contributed by atoms with Crippen LogP contribution in [0.15, 0.2) is 12.7 Å². The highest BCUT2D eigenvalue weighted by atomic mass is 32.2. The van der Waals surface area contributed by atoms with Crippen molar-refractivity contribution in [3.05, 3.63) is 12.7 Å². The first-order chi connectivity index (χ1) is 7.06. The fourth-order valence-electron chi connectivity index (χ4n) is 0.997. The van der Waals surface area contributed by atoms with E-state index in [0.717, 1.165) is 19.5 Å². The summed E-state index contributed by atoms with van der Waals surface area (Å²) in [5.74, 6) is 0.247. The first-order valence-corrected chi connectivity index (χ1v) is 7.19. The van der Waals surface area contributed by atoms with E-state index in [1.807, 2.05) is 6.08 Å². The Morgan fingerprint density at radius 3 is 2.67 bits per heavy atom. The molecule has 0 fully saturated rings. The van der Waals surface area contributed by atoms with Gasteiger partial charge in [0.15, 0.2) is 0 Å². The standard InChI is InChI=1S/C10H21NO3S/c1-3-4-8-14-9-7-11-6-5-10-15(2,12)13/h3,11H,1,4-10H2,2H3. The molecule has 0 aliphatic carbocycles. The largest absolute Gasteiger partial charge is 0.380 e. The van der Waals surface area contributed by atoms with Crippen molar-refractivity contribution in [3.63, 3.8) is 0 Å². The van der Waals surface area contributed by atoms with Crippen LogP contribution >= 0.6 is 0 Å². The van der Waals surface area contributed by atoms with E-state index in [0.29, 0.717) is 19.6 Å². The molecular formula is C10H21NO3S. The predicted octanol–water partition coefficient (Wildman–Crippen LogP) is 0.603. The maximum Gasteiger partial charge on any atom is 0.147 e. The summed E-state index contributed by atoms with van der Waals surface area (Å²) in [6, 6.07) is 0. The summed E-state index contributed by atoms with van der Waals surface area (Å²) in [5.41, 5.74) is 0. The van der Waals surface area contributed by atoms with Gasteiger partial charge in [0.2, 0.25) is 0 Å². The maximum atomic E-state index is 10.8. The third-order valence-electron chi connectivity index (χ3n) is 1.76. The van der Waals surface area contributed by atoms with Gasteiger partial charge in [-0.1, -0.05) is 6.08 Å². The van der Waals surface area contributed by atoms with Gasteiger partial charge in [0.25, 0.3) is 0 Å². The second-order valence-corrected chi connectivity index (χ2v) is 5.68. The molecule has 0 spiro atoms. The zero-order valence-electron chi connectivity index (χ0n) is 9.37. The van der Waals surface area contributed by atoms with Gasteiger partial charge >= 0.3 is 0 Å². The Bertz CT molecular complexity index is 249. The Kier molecular flexibility index (Phi) is 8.65. The molecule has 90 valence electrons. The average Bonchev–Trinajstić information content (AvgIpc) is 2.14. The van der Waals surface area contributed by atoms with Gasteiger partial charge in [0.05, 0.1) is 19.0 Å². The molecule has 0 aliphatic rings. The highest BCUT2D eigenvalue weighted by Gasteiger charge is 2.00. The van der Waals surface area contributed by atoms with E-state index in [-0.39, 0.29) is 5.75 Å². The van der Waals surface area contributed by atoms with Gasteiger partial charge in [0.1, 0.15) is 9.84 Å². The highest BCUT2D eigenvalue weighted by Crippen LogP contribution is 1.87. The van der Waals surface area contributed by atoms with Crippen LogP contribution in [0.1, 0.15) is 12.8 Å². The van der Waals surface area contributed by atoms with Crippen molar-refractivity contribution in [3.8, 4) is 0 Å². The van der Waals surface area contributed by atoms with Crippen LogP contribution in [0.3, 0.4) is 0 Å². The molecule has 0 heterocycles. The van der Waals surface area contributed by atoms with Gasteiger partial charge in [-0.25, -0.2) is 8.42 Å². The second kappa shape index (κ2) is 8.88. The summed E-state index contributed by atoms with van der Waals surface area (Å²) in [7, 11) is -2.81.